The summed E-state index contributed by atoms with van der Waals surface area (Å²) >= 11 is 0. The molecule has 0 aliphatic heterocycles. The fourth-order valence-corrected chi connectivity index (χ4v) is 1.05. The first-order valence-corrected chi connectivity index (χ1v) is 3.56. The second kappa shape index (κ2) is 3.29. The van der Waals surface area contributed by atoms with Crippen LogP contribution in [0.5, 0.6) is 5.75 Å². The predicted molar refractivity (Wildman–Crippen MR) is 46.2 cm³/mol. The SMILES string of the molecule is Cc1c([N+](=O)[O-])cc(O)cc1[N+](=O)[O-]. The molecule has 7 heteroatoms. The molecule has 0 amide bonds. The van der Waals surface area contributed by atoms with Crippen molar-refractivity contribution in [3.8, 4) is 5.75 Å². The van der Waals surface area contributed by atoms with E-state index in [-0.39, 0.29) is 5.56 Å². The molecule has 14 heavy (non-hydrogen) atoms. The van der Waals surface area contributed by atoms with Crippen LogP contribution in [0.3, 0.4) is 0 Å². The molecule has 1 aromatic carbocycles. The lowest BCUT2D eigenvalue weighted by Gasteiger charge is -1.99. The molecule has 74 valence electrons. The molecule has 0 aromatic heterocycles. The van der Waals surface area contributed by atoms with Crippen molar-refractivity contribution in [1.82, 2.24) is 0 Å². The summed E-state index contributed by atoms with van der Waals surface area (Å²) in [6.07, 6.45) is 0. The van der Waals surface area contributed by atoms with Gasteiger partial charge < -0.3 is 5.11 Å². The second-order valence-corrected chi connectivity index (χ2v) is 2.62. The Bertz CT molecular complexity index is 380. The van der Waals surface area contributed by atoms with Crippen molar-refractivity contribution >= 4 is 11.4 Å². The maximum atomic E-state index is 10.4. The molecule has 0 aliphatic rings. The summed E-state index contributed by atoms with van der Waals surface area (Å²) in [5.74, 6) is -0.492. The Hall–Kier alpha value is -2.18. The number of nitro groups is 2. The number of phenolic OH excluding ortho intramolecular Hbond substituents is 1. The van der Waals surface area contributed by atoms with Crippen LogP contribution in [0.25, 0.3) is 0 Å². The summed E-state index contributed by atoms with van der Waals surface area (Å²) in [6, 6.07) is 1.75. The van der Waals surface area contributed by atoms with Gasteiger partial charge in [0.2, 0.25) is 0 Å². The first-order chi connectivity index (χ1) is 6.43. The molecular formula is C7H6N2O5. The number of rotatable bonds is 2. The summed E-state index contributed by atoms with van der Waals surface area (Å²) in [5.41, 5.74) is -0.994. The summed E-state index contributed by atoms with van der Waals surface area (Å²) in [7, 11) is 0. The van der Waals surface area contributed by atoms with Crippen molar-refractivity contribution in [1.29, 1.82) is 0 Å². The summed E-state index contributed by atoms with van der Waals surface area (Å²) < 4.78 is 0. The van der Waals surface area contributed by atoms with Crippen molar-refractivity contribution in [2.45, 2.75) is 6.92 Å². The molecule has 0 fully saturated rings. The van der Waals surface area contributed by atoms with E-state index in [2.05, 4.69) is 0 Å². The van der Waals surface area contributed by atoms with E-state index < -0.39 is 27.0 Å². The van der Waals surface area contributed by atoms with Crippen LogP contribution in [0.15, 0.2) is 12.1 Å². The lowest BCUT2D eigenvalue weighted by molar-refractivity contribution is -0.395. The van der Waals surface area contributed by atoms with E-state index in [1.54, 1.807) is 0 Å². The molecule has 0 heterocycles. The molecule has 0 spiro atoms. The van der Waals surface area contributed by atoms with Gasteiger partial charge in [-0.3, -0.25) is 20.2 Å². The van der Waals surface area contributed by atoms with E-state index in [1.807, 2.05) is 0 Å². The Morgan fingerprint density at radius 1 is 1.14 bits per heavy atom. The minimum absolute atomic E-state index is 0.0715. The van der Waals surface area contributed by atoms with Gasteiger partial charge >= 0.3 is 0 Å². The normalized spacial score (nSPS) is 9.79. The first kappa shape index (κ1) is 9.90. The average molecular weight is 198 g/mol. The van der Waals surface area contributed by atoms with Gasteiger partial charge in [0.05, 0.1) is 22.0 Å². The highest BCUT2D eigenvalue weighted by molar-refractivity contribution is 5.57. The number of nitro benzene ring substituents is 2. The molecule has 1 rings (SSSR count). The number of hydrogen-bond acceptors (Lipinski definition) is 5. The van der Waals surface area contributed by atoms with Crippen LogP contribution in [0.1, 0.15) is 5.56 Å². The lowest BCUT2D eigenvalue weighted by atomic mass is 10.1. The zero-order valence-corrected chi connectivity index (χ0v) is 7.13. The molecule has 0 radical (unpaired) electrons. The number of phenols is 1. The van der Waals surface area contributed by atoms with Gasteiger partial charge in [-0.05, 0) is 6.92 Å². The summed E-state index contributed by atoms with van der Waals surface area (Å²) in [6.45, 7) is 1.26. The van der Waals surface area contributed by atoms with Gasteiger partial charge in [0, 0.05) is 0 Å². The van der Waals surface area contributed by atoms with Gasteiger partial charge in [-0.2, -0.15) is 0 Å². The molecule has 0 aliphatic carbocycles. The van der Waals surface area contributed by atoms with Crippen LogP contribution >= 0.6 is 0 Å². The zero-order valence-electron chi connectivity index (χ0n) is 7.13. The maximum absolute atomic E-state index is 10.4. The van der Waals surface area contributed by atoms with Crippen molar-refractivity contribution in [3.05, 3.63) is 37.9 Å². The largest absolute Gasteiger partial charge is 0.507 e. The van der Waals surface area contributed by atoms with E-state index in [0.717, 1.165) is 12.1 Å². The van der Waals surface area contributed by atoms with E-state index in [9.17, 15) is 20.2 Å². The Labute approximate surface area is 77.9 Å². The Balaban J connectivity index is 3.47. The van der Waals surface area contributed by atoms with Crippen molar-refractivity contribution in [2.24, 2.45) is 0 Å². The predicted octanol–water partition coefficient (Wildman–Crippen LogP) is 1.52. The van der Waals surface area contributed by atoms with Crippen LogP contribution in [-0.4, -0.2) is 15.0 Å². The fourth-order valence-electron chi connectivity index (χ4n) is 1.05. The van der Waals surface area contributed by atoms with Crippen LogP contribution in [0.2, 0.25) is 0 Å². The number of nitrogens with zero attached hydrogens (tertiary/aromatic N) is 2. The number of benzene rings is 1. The molecule has 7 nitrogen and oxygen atoms in total. The minimum Gasteiger partial charge on any atom is -0.507 e. The van der Waals surface area contributed by atoms with Gasteiger partial charge in [-0.15, -0.1) is 0 Å². The van der Waals surface area contributed by atoms with Crippen molar-refractivity contribution in [3.63, 3.8) is 0 Å². The Kier molecular flexibility index (Phi) is 2.32. The third-order valence-corrected chi connectivity index (χ3v) is 1.73. The minimum atomic E-state index is -0.776. The van der Waals surface area contributed by atoms with Gasteiger partial charge in [-0.25, -0.2) is 0 Å². The molecular weight excluding hydrogens is 192 g/mol. The quantitative estimate of drug-likeness (QED) is 0.572. The molecule has 1 aromatic rings. The lowest BCUT2D eigenvalue weighted by Crippen LogP contribution is -1.97. The summed E-state index contributed by atoms with van der Waals surface area (Å²) in [4.78, 5) is 19.3. The van der Waals surface area contributed by atoms with E-state index in [4.69, 9.17) is 5.11 Å². The summed E-state index contributed by atoms with van der Waals surface area (Å²) in [5, 5.41) is 29.8. The molecule has 1 N–H and O–H groups in total. The molecule has 0 bridgehead atoms. The standard InChI is InChI=1S/C7H6N2O5/c1-4-6(8(11)12)2-5(10)3-7(4)9(13)14/h2-3,10H,1H3. The van der Waals surface area contributed by atoms with E-state index in [0.29, 0.717) is 0 Å². The first-order valence-electron chi connectivity index (χ1n) is 3.56. The third kappa shape index (κ3) is 1.60. The van der Waals surface area contributed by atoms with Crippen LogP contribution in [-0.2, 0) is 0 Å². The van der Waals surface area contributed by atoms with Crippen LogP contribution in [0.4, 0.5) is 11.4 Å². The van der Waals surface area contributed by atoms with Gasteiger partial charge in [-0.1, -0.05) is 0 Å². The molecule has 0 unspecified atom stereocenters. The fraction of sp³-hybridized carbons (Fsp3) is 0.143. The van der Waals surface area contributed by atoms with E-state index in [1.165, 1.54) is 6.92 Å². The highest BCUT2D eigenvalue weighted by Gasteiger charge is 2.22. The molecule has 0 saturated heterocycles. The van der Waals surface area contributed by atoms with E-state index >= 15 is 0 Å². The topological polar surface area (TPSA) is 107 Å². The number of hydrogen-bond donors (Lipinski definition) is 1. The van der Waals surface area contributed by atoms with Crippen LogP contribution < -0.4 is 0 Å². The third-order valence-electron chi connectivity index (χ3n) is 1.73. The Morgan fingerprint density at radius 3 is 1.79 bits per heavy atom. The highest BCUT2D eigenvalue weighted by Crippen LogP contribution is 2.31. The van der Waals surface area contributed by atoms with Crippen LogP contribution in [0, 0.1) is 27.2 Å². The highest BCUT2D eigenvalue weighted by atomic mass is 16.6. The maximum Gasteiger partial charge on any atom is 0.282 e. The number of aromatic hydroxyl groups is 1. The zero-order chi connectivity index (χ0) is 10.9. The smallest absolute Gasteiger partial charge is 0.282 e. The Morgan fingerprint density at radius 2 is 1.50 bits per heavy atom. The molecule has 0 atom stereocenters. The van der Waals surface area contributed by atoms with Gasteiger partial charge in [0.15, 0.2) is 0 Å². The van der Waals surface area contributed by atoms with Crippen molar-refractivity contribution < 1.29 is 15.0 Å². The van der Waals surface area contributed by atoms with Gasteiger partial charge in [0.1, 0.15) is 11.3 Å². The van der Waals surface area contributed by atoms with Crippen molar-refractivity contribution in [2.75, 3.05) is 0 Å². The monoisotopic (exact) mass is 198 g/mol. The second-order valence-electron chi connectivity index (χ2n) is 2.62. The van der Waals surface area contributed by atoms with Gasteiger partial charge in [0.25, 0.3) is 11.4 Å². The molecule has 0 saturated carbocycles. The average Bonchev–Trinajstić information content (AvgIpc) is 2.07.